The third-order valence-electron chi connectivity index (χ3n) is 1.57. The molecule has 0 saturated heterocycles. The summed E-state index contributed by atoms with van der Waals surface area (Å²) in [6, 6.07) is 0. The predicted octanol–water partition coefficient (Wildman–Crippen LogP) is -0.717. The molecule has 0 heterocycles. The standard InChI is InChI=1S/C6H12O2.C4H11NO2.H3O4P/c1-2-3-4-5-6(7)8;6-3-1-5-2-4-7;1-5(2,3)4/h2-5H2,1H3,(H,7,8);5-7H,1-4H2;(H3,1,2,3,4). The average molecular weight is 319 g/mol. The van der Waals surface area contributed by atoms with Crippen molar-refractivity contribution in [3.8, 4) is 0 Å². The Balaban J connectivity index is -0.000000223. The molecule has 0 bridgehead atoms. The van der Waals surface area contributed by atoms with Gasteiger partial charge in [0.05, 0.1) is 13.2 Å². The topological polar surface area (TPSA) is 168 Å². The number of carboxylic acid groups (broad SMARTS) is 1. The maximum Gasteiger partial charge on any atom is 0.466 e. The number of aliphatic hydroxyl groups excluding tert-OH is 2. The summed E-state index contributed by atoms with van der Waals surface area (Å²) in [5, 5.41) is 27.2. The van der Waals surface area contributed by atoms with E-state index in [1.54, 1.807) is 0 Å². The van der Waals surface area contributed by atoms with Gasteiger partial charge in [0.2, 0.25) is 0 Å². The van der Waals surface area contributed by atoms with E-state index in [4.69, 9.17) is 34.6 Å². The average Bonchev–Trinajstić information content (AvgIpc) is 2.28. The fourth-order valence-corrected chi connectivity index (χ4v) is 0.809. The Morgan fingerprint density at radius 2 is 1.45 bits per heavy atom. The number of aliphatic hydroxyl groups is 2. The molecule has 0 aliphatic heterocycles. The van der Waals surface area contributed by atoms with Crippen molar-refractivity contribution in [1.82, 2.24) is 5.32 Å². The molecular weight excluding hydrogens is 293 g/mol. The molecule has 124 valence electrons. The number of hydrogen-bond donors (Lipinski definition) is 7. The summed E-state index contributed by atoms with van der Waals surface area (Å²) >= 11 is 0. The summed E-state index contributed by atoms with van der Waals surface area (Å²) in [5.74, 6) is -0.682. The van der Waals surface area contributed by atoms with E-state index in [0.717, 1.165) is 19.3 Å². The van der Waals surface area contributed by atoms with E-state index in [1.165, 1.54) is 0 Å². The number of phosphoric acid groups is 1. The monoisotopic (exact) mass is 319 g/mol. The molecular formula is C10H26NO8P. The molecule has 10 heteroatoms. The summed E-state index contributed by atoms with van der Waals surface area (Å²) in [4.78, 5) is 31.4. The second-order valence-electron chi connectivity index (χ2n) is 3.56. The third kappa shape index (κ3) is 66.1. The van der Waals surface area contributed by atoms with Crippen LogP contribution in [0.1, 0.15) is 32.6 Å². The Hall–Kier alpha value is -0.540. The first-order valence-electron chi connectivity index (χ1n) is 6.11. The van der Waals surface area contributed by atoms with E-state index in [0.29, 0.717) is 19.5 Å². The first-order chi connectivity index (χ1) is 9.18. The lowest BCUT2D eigenvalue weighted by atomic mass is 10.2. The molecule has 0 atom stereocenters. The van der Waals surface area contributed by atoms with Crippen molar-refractivity contribution in [1.29, 1.82) is 0 Å². The molecule has 0 rings (SSSR count). The first-order valence-corrected chi connectivity index (χ1v) is 7.68. The minimum absolute atomic E-state index is 0.139. The van der Waals surface area contributed by atoms with Crippen molar-refractivity contribution < 1.29 is 39.4 Å². The van der Waals surface area contributed by atoms with Crippen LogP contribution in [0.4, 0.5) is 0 Å². The molecule has 0 aromatic heterocycles. The van der Waals surface area contributed by atoms with Crippen molar-refractivity contribution in [2.45, 2.75) is 32.6 Å². The SMILES string of the molecule is CCCCCC(=O)O.O=P(O)(O)O.OCCNCCO. The van der Waals surface area contributed by atoms with E-state index < -0.39 is 13.8 Å². The van der Waals surface area contributed by atoms with E-state index in [9.17, 15) is 4.79 Å². The smallest absolute Gasteiger partial charge is 0.466 e. The lowest BCUT2D eigenvalue weighted by Gasteiger charge is -1.94. The number of carboxylic acids is 1. The summed E-state index contributed by atoms with van der Waals surface area (Å²) in [6.07, 6.45) is 3.28. The molecule has 0 aromatic rings. The molecule has 0 fully saturated rings. The molecule has 20 heavy (non-hydrogen) atoms. The minimum atomic E-state index is -4.64. The van der Waals surface area contributed by atoms with E-state index in [2.05, 4.69) is 12.2 Å². The Bertz CT molecular complexity index is 233. The quantitative estimate of drug-likeness (QED) is 0.225. The van der Waals surface area contributed by atoms with Gasteiger partial charge in [-0.1, -0.05) is 19.8 Å². The minimum Gasteiger partial charge on any atom is -0.481 e. The summed E-state index contributed by atoms with van der Waals surface area (Å²) in [6.45, 7) is 3.48. The van der Waals surface area contributed by atoms with Crippen molar-refractivity contribution >= 4 is 13.8 Å². The van der Waals surface area contributed by atoms with Crippen LogP contribution in [0.15, 0.2) is 0 Å². The third-order valence-corrected chi connectivity index (χ3v) is 1.57. The largest absolute Gasteiger partial charge is 0.481 e. The molecule has 0 spiro atoms. The number of nitrogens with one attached hydrogen (secondary N) is 1. The molecule has 0 unspecified atom stereocenters. The highest BCUT2D eigenvalue weighted by molar-refractivity contribution is 7.45. The fourth-order valence-electron chi connectivity index (χ4n) is 0.809. The molecule has 0 aromatic carbocycles. The van der Waals surface area contributed by atoms with Crippen LogP contribution in [0.5, 0.6) is 0 Å². The zero-order valence-electron chi connectivity index (χ0n) is 11.6. The van der Waals surface area contributed by atoms with Gasteiger partial charge in [-0.25, -0.2) is 4.57 Å². The van der Waals surface area contributed by atoms with Crippen molar-refractivity contribution in [2.75, 3.05) is 26.3 Å². The molecule has 9 nitrogen and oxygen atoms in total. The zero-order chi connectivity index (χ0) is 16.4. The normalized spacial score (nSPS) is 9.90. The number of aliphatic carboxylic acids is 1. The van der Waals surface area contributed by atoms with Gasteiger partial charge in [-0.05, 0) is 6.42 Å². The Morgan fingerprint density at radius 3 is 1.70 bits per heavy atom. The summed E-state index contributed by atoms with van der Waals surface area (Å²) < 4.78 is 8.88. The maximum absolute atomic E-state index is 9.87. The summed E-state index contributed by atoms with van der Waals surface area (Å²) in [5.41, 5.74) is 0. The van der Waals surface area contributed by atoms with E-state index in [-0.39, 0.29) is 13.2 Å². The van der Waals surface area contributed by atoms with Crippen LogP contribution in [-0.2, 0) is 9.36 Å². The molecule has 0 radical (unpaired) electrons. The van der Waals surface area contributed by atoms with Crippen LogP contribution < -0.4 is 5.32 Å². The number of carbonyl (C=O) groups is 1. The van der Waals surface area contributed by atoms with Gasteiger partial charge in [0, 0.05) is 19.5 Å². The van der Waals surface area contributed by atoms with Crippen LogP contribution in [0.3, 0.4) is 0 Å². The molecule has 0 aliphatic rings. The van der Waals surface area contributed by atoms with Crippen LogP contribution in [-0.4, -0.2) is 62.3 Å². The Labute approximate surface area is 118 Å². The molecule has 0 saturated carbocycles. The molecule has 7 N–H and O–H groups in total. The van der Waals surface area contributed by atoms with Gasteiger partial charge in [0.15, 0.2) is 0 Å². The lowest BCUT2D eigenvalue weighted by Crippen LogP contribution is -2.21. The van der Waals surface area contributed by atoms with Crippen molar-refractivity contribution in [3.63, 3.8) is 0 Å². The lowest BCUT2D eigenvalue weighted by molar-refractivity contribution is -0.137. The van der Waals surface area contributed by atoms with Gasteiger partial charge in [-0.3, -0.25) is 4.79 Å². The number of rotatable bonds is 8. The highest BCUT2D eigenvalue weighted by Crippen LogP contribution is 2.25. The number of hydrogen-bond acceptors (Lipinski definition) is 5. The zero-order valence-corrected chi connectivity index (χ0v) is 12.5. The highest BCUT2D eigenvalue weighted by Gasteiger charge is 2.00. The second-order valence-corrected chi connectivity index (χ2v) is 4.59. The van der Waals surface area contributed by atoms with Gasteiger partial charge in [-0.2, -0.15) is 0 Å². The van der Waals surface area contributed by atoms with Gasteiger partial charge in [0.25, 0.3) is 0 Å². The van der Waals surface area contributed by atoms with Gasteiger partial charge < -0.3 is 35.3 Å². The molecule has 0 amide bonds. The number of unbranched alkanes of at least 4 members (excludes halogenated alkanes) is 2. The predicted molar refractivity (Wildman–Crippen MR) is 73.1 cm³/mol. The Morgan fingerprint density at radius 1 is 1.05 bits per heavy atom. The van der Waals surface area contributed by atoms with Gasteiger partial charge in [-0.15, -0.1) is 0 Å². The first kappa shape index (κ1) is 24.5. The fraction of sp³-hybridized carbons (Fsp3) is 0.900. The van der Waals surface area contributed by atoms with Crippen LogP contribution in [0.2, 0.25) is 0 Å². The van der Waals surface area contributed by atoms with Crippen molar-refractivity contribution in [3.05, 3.63) is 0 Å². The van der Waals surface area contributed by atoms with Crippen molar-refractivity contribution in [2.24, 2.45) is 0 Å². The van der Waals surface area contributed by atoms with Crippen LogP contribution in [0, 0.1) is 0 Å². The molecule has 0 aliphatic carbocycles. The highest BCUT2D eigenvalue weighted by atomic mass is 31.2. The van der Waals surface area contributed by atoms with Gasteiger partial charge in [0.1, 0.15) is 0 Å². The second kappa shape index (κ2) is 18.5. The van der Waals surface area contributed by atoms with E-state index in [1.807, 2.05) is 0 Å². The maximum atomic E-state index is 9.87. The van der Waals surface area contributed by atoms with Crippen LogP contribution in [0.25, 0.3) is 0 Å². The van der Waals surface area contributed by atoms with Gasteiger partial charge >= 0.3 is 13.8 Å². The Kier molecular flexibility index (Phi) is 22.6. The van der Waals surface area contributed by atoms with E-state index >= 15 is 0 Å². The summed E-state index contributed by atoms with van der Waals surface area (Å²) in [7, 11) is -4.64. The van der Waals surface area contributed by atoms with Crippen LogP contribution >= 0.6 is 7.82 Å².